The minimum atomic E-state index is -3.47. The molecule has 1 heterocycles. The number of benzene rings is 1. The van der Waals surface area contributed by atoms with Crippen LogP contribution in [-0.2, 0) is 16.6 Å². The van der Waals surface area contributed by atoms with Gasteiger partial charge in [-0.25, -0.2) is 8.42 Å². The summed E-state index contributed by atoms with van der Waals surface area (Å²) < 4.78 is 27.4. The van der Waals surface area contributed by atoms with Crippen LogP contribution in [0.3, 0.4) is 0 Å². The van der Waals surface area contributed by atoms with E-state index in [4.69, 9.17) is 0 Å². The van der Waals surface area contributed by atoms with Gasteiger partial charge in [-0.3, -0.25) is 4.99 Å². The van der Waals surface area contributed by atoms with Gasteiger partial charge in [0.15, 0.2) is 5.96 Å². The summed E-state index contributed by atoms with van der Waals surface area (Å²) in [6.07, 6.45) is 0. The Morgan fingerprint density at radius 2 is 1.83 bits per heavy atom. The second-order valence-corrected chi connectivity index (χ2v) is 7.40. The lowest BCUT2D eigenvalue weighted by Crippen LogP contribution is -2.47. The van der Waals surface area contributed by atoms with Crippen LogP contribution < -0.4 is 10.6 Å². The molecule has 1 saturated heterocycles. The van der Waals surface area contributed by atoms with Crippen molar-refractivity contribution in [1.82, 2.24) is 19.8 Å². The number of nitrogens with one attached hydrogen (secondary N) is 2. The summed E-state index contributed by atoms with van der Waals surface area (Å²) in [7, 11) is 1.97. The molecule has 9 heteroatoms. The van der Waals surface area contributed by atoms with Gasteiger partial charge in [0.1, 0.15) is 0 Å². The maximum Gasteiger partial charge on any atom is 0.243 e. The molecule has 1 aromatic carbocycles. The quantitative estimate of drug-likeness (QED) is 0.384. The van der Waals surface area contributed by atoms with Crippen LogP contribution >= 0.6 is 24.0 Å². The Morgan fingerprint density at radius 3 is 2.42 bits per heavy atom. The average molecular weight is 467 g/mol. The van der Waals surface area contributed by atoms with E-state index in [1.807, 2.05) is 19.2 Å². The molecule has 0 unspecified atom stereocenters. The average Bonchev–Trinajstić information content (AvgIpc) is 2.56. The lowest BCUT2D eigenvalue weighted by Gasteiger charge is -2.32. The number of likely N-dealkylation sites (N-methyl/N-ethyl adjacent to an activating group) is 1. The molecule has 0 aromatic heterocycles. The maximum atomic E-state index is 12.9. The van der Waals surface area contributed by atoms with Crippen molar-refractivity contribution in [3.8, 4) is 0 Å². The number of rotatable bonds is 4. The van der Waals surface area contributed by atoms with Crippen LogP contribution in [0.4, 0.5) is 0 Å². The number of guanidine groups is 1. The SMILES string of the molecule is CN=C(NC)NCc1ccccc1S(=O)(=O)N1CCN(C)CC1.I. The molecule has 0 spiro atoms. The van der Waals surface area contributed by atoms with E-state index in [1.54, 1.807) is 30.5 Å². The lowest BCUT2D eigenvalue weighted by atomic mass is 10.2. The zero-order valence-electron chi connectivity index (χ0n) is 14.3. The maximum absolute atomic E-state index is 12.9. The number of halogens is 1. The van der Waals surface area contributed by atoms with E-state index in [0.29, 0.717) is 30.5 Å². The van der Waals surface area contributed by atoms with Gasteiger partial charge in [0.05, 0.1) is 4.90 Å². The van der Waals surface area contributed by atoms with Gasteiger partial charge in [-0.15, -0.1) is 24.0 Å². The molecule has 24 heavy (non-hydrogen) atoms. The molecule has 0 saturated carbocycles. The zero-order chi connectivity index (χ0) is 16.9. The fourth-order valence-corrected chi connectivity index (χ4v) is 4.17. The van der Waals surface area contributed by atoms with Crippen LogP contribution in [0.15, 0.2) is 34.2 Å². The van der Waals surface area contributed by atoms with Gasteiger partial charge in [-0.05, 0) is 18.7 Å². The third-order valence-corrected chi connectivity index (χ3v) is 5.96. The molecular formula is C15H26IN5O2S. The van der Waals surface area contributed by atoms with Crippen molar-refractivity contribution >= 4 is 40.0 Å². The Hall–Kier alpha value is -0.910. The fraction of sp³-hybridized carbons (Fsp3) is 0.533. The Balaban J connectivity index is 0.00000288. The fourth-order valence-electron chi connectivity index (χ4n) is 2.53. The van der Waals surface area contributed by atoms with Crippen molar-refractivity contribution in [3.63, 3.8) is 0 Å². The second-order valence-electron chi connectivity index (χ2n) is 5.49. The van der Waals surface area contributed by atoms with Crippen LogP contribution in [0.1, 0.15) is 5.56 Å². The van der Waals surface area contributed by atoms with Crippen molar-refractivity contribution in [1.29, 1.82) is 0 Å². The molecule has 0 atom stereocenters. The second kappa shape index (κ2) is 9.54. The lowest BCUT2D eigenvalue weighted by molar-refractivity contribution is 0.222. The molecule has 1 aliphatic heterocycles. The topological polar surface area (TPSA) is 77.0 Å². The molecule has 1 aromatic rings. The summed E-state index contributed by atoms with van der Waals surface area (Å²) in [6, 6.07) is 7.12. The van der Waals surface area contributed by atoms with Gasteiger partial charge in [0.25, 0.3) is 0 Å². The van der Waals surface area contributed by atoms with Crippen molar-refractivity contribution in [3.05, 3.63) is 29.8 Å². The van der Waals surface area contributed by atoms with Gasteiger partial charge in [-0.2, -0.15) is 4.31 Å². The number of piperazine rings is 1. The van der Waals surface area contributed by atoms with E-state index in [1.165, 1.54) is 0 Å². The largest absolute Gasteiger partial charge is 0.359 e. The molecule has 0 radical (unpaired) electrons. The first-order valence-corrected chi connectivity index (χ1v) is 9.08. The van der Waals surface area contributed by atoms with Gasteiger partial charge >= 0.3 is 0 Å². The number of aliphatic imine (C=N–C) groups is 1. The predicted octanol–water partition coefficient (Wildman–Crippen LogP) is 0.536. The molecule has 136 valence electrons. The van der Waals surface area contributed by atoms with Crippen LogP contribution in [0.5, 0.6) is 0 Å². The minimum Gasteiger partial charge on any atom is -0.359 e. The summed E-state index contributed by atoms with van der Waals surface area (Å²) in [5.41, 5.74) is 0.739. The first-order valence-electron chi connectivity index (χ1n) is 7.64. The normalized spacial score (nSPS) is 17.2. The molecule has 0 amide bonds. The van der Waals surface area contributed by atoms with Gasteiger partial charge < -0.3 is 15.5 Å². The molecule has 0 aliphatic carbocycles. The molecule has 1 aliphatic rings. The summed E-state index contributed by atoms with van der Waals surface area (Å²) in [5.74, 6) is 0.622. The Morgan fingerprint density at radius 1 is 1.21 bits per heavy atom. The van der Waals surface area contributed by atoms with Crippen LogP contribution in [-0.4, -0.2) is 70.9 Å². The minimum absolute atomic E-state index is 0. The standard InChI is InChI=1S/C15H25N5O2S.HI/c1-16-15(17-2)18-12-13-6-4-5-7-14(13)23(21,22)20-10-8-19(3)9-11-20;/h4-7H,8-12H2,1-3H3,(H2,16,17,18);1H. The zero-order valence-corrected chi connectivity index (χ0v) is 17.5. The van der Waals surface area contributed by atoms with E-state index in [0.717, 1.165) is 18.7 Å². The van der Waals surface area contributed by atoms with Crippen molar-refractivity contribution < 1.29 is 8.42 Å². The van der Waals surface area contributed by atoms with Gasteiger partial charge in [0.2, 0.25) is 10.0 Å². The van der Waals surface area contributed by atoms with Crippen molar-refractivity contribution in [2.75, 3.05) is 47.3 Å². The summed E-state index contributed by atoms with van der Waals surface area (Å²) in [4.78, 5) is 6.54. The van der Waals surface area contributed by atoms with E-state index in [9.17, 15) is 8.42 Å². The predicted molar refractivity (Wildman–Crippen MR) is 107 cm³/mol. The number of hydrogen-bond donors (Lipinski definition) is 2. The highest BCUT2D eigenvalue weighted by molar-refractivity contribution is 14.0. The first-order chi connectivity index (χ1) is 11.0. The van der Waals surface area contributed by atoms with Gasteiger partial charge in [-0.1, -0.05) is 18.2 Å². The highest BCUT2D eigenvalue weighted by Gasteiger charge is 2.29. The number of sulfonamides is 1. The Bertz CT molecular complexity index is 658. The third kappa shape index (κ3) is 5.04. The molecular weight excluding hydrogens is 441 g/mol. The molecule has 0 bridgehead atoms. The van der Waals surface area contributed by atoms with Gasteiger partial charge in [0, 0.05) is 46.8 Å². The molecule has 2 rings (SSSR count). The number of nitrogens with zero attached hydrogens (tertiary/aromatic N) is 3. The highest BCUT2D eigenvalue weighted by Crippen LogP contribution is 2.21. The van der Waals surface area contributed by atoms with E-state index in [2.05, 4.69) is 20.5 Å². The van der Waals surface area contributed by atoms with Crippen LogP contribution in [0.2, 0.25) is 0 Å². The Kier molecular flexibility index (Phi) is 8.40. The third-order valence-electron chi connectivity index (χ3n) is 3.96. The summed E-state index contributed by atoms with van der Waals surface area (Å²) >= 11 is 0. The monoisotopic (exact) mass is 467 g/mol. The van der Waals surface area contributed by atoms with Crippen molar-refractivity contribution in [2.24, 2.45) is 4.99 Å². The number of hydrogen-bond acceptors (Lipinski definition) is 4. The smallest absolute Gasteiger partial charge is 0.243 e. The Labute approximate surface area is 161 Å². The molecule has 1 fully saturated rings. The molecule has 7 nitrogen and oxygen atoms in total. The van der Waals surface area contributed by atoms with E-state index in [-0.39, 0.29) is 24.0 Å². The first kappa shape index (κ1) is 21.1. The summed E-state index contributed by atoms with van der Waals surface area (Å²) in [6.45, 7) is 2.96. The van der Waals surface area contributed by atoms with Crippen LogP contribution in [0, 0.1) is 0 Å². The van der Waals surface area contributed by atoms with Crippen LogP contribution in [0.25, 0.3) is 0 Å². The van der Waals surface area contributed by atoms with E-state index >= 15 is 0 Å². The van der Waals surface area contributed by atoms with Crippen molar-refractivity contribution in [2.45, 2.75) is 11.4 Å². The highest BCUT2D eigenvalue weighted by atomic mass is 127. The van der Waals surface area contributed by atoms with E-state index < -0.39 is 10.0 Å². The molecule has 2 N–H and O–H groups in total. The summed E-state index contributed by atoms with van der Waals surface area (Å²) in [5, 5.41) is 6.03.